The van der Waals surface area contributed by atoms with Crippen molar-refractivity contribution in [1.29, 1.82) is 0 Å². The molecule has 0 aliphatic heterocycles. The lowest BCUT2D eigenvalue weighted by molar-refractivity contribution is -0.173. The zero-order valence-corrected chi connectivity index (χ0v) is 8.17. The molecular weight excluding hydrogens is 223 g/mol. The Bertz CT molecular complexity index is 338. The van der Waals surface area contributed by atoms with Crippen LogP contribution < -0.4 is 10.1 Å². The number of hydrogen-bond acceptors (Lipinski definition) is 2. The van der Waals surface area contributed by atoms with E-state index in [1.165, 1.54) is 0 Å². The number of nitrogens with one attached hydrogen (secondary N) is 1. The molecule has 1 rings (SSSR count). The van der Waals surface area contributed by atoms with E-state index in [-0.39, 0.29) is 13.2 Å². The Morgan fingerprint density at radius 3 is 2.56 bits per heavy atom. The lowest BCUT2D eigenvalue weighted by Gasteiger charge is -2.08. The second kappa shape index (κ2) is 5.39. The second-order valence-corrected chi connectivity index (χ2v) is 2.84. The second-order valence-electron chi connectivity index (χ2n) is 2.84. The molecule has 0 bridgehead atoms. The van der Waals surface area contributed by atoms with Gasteiger partial charge in [-0.25, -0.2) is 0 Å². The highest BCUT2D eigenvalue weighted by Gasteiger charge is 2.38. The van der Waals surface area contributed by atoms with Crippen LogP contribution in [0.4, 0.5) is 13.2 Å². The van der Waals surface area contributed by atoms with Crippen molar-refractivity contribution >= 4 is 5.91 Å². The lowest BCUT2D eigenvalue weighted by Crippen LogP contribution is -2.38. The van der Waals surface area contributed by atoms with Gasteiger partial charge in [-0.15, -0.1) is 0 Å². The van der Waals surface area contributed by atoms with Gasteiger partial charge in [0.25, 0.3) is 0 Å². The molecule has 0 heterocycles. The van der Waals surface area contributed by atoms with Crippen LogP contribution in [0.25, 0.3) is 0 Å². The first-order valence-corrected chi connectivity index (χ1v) is 4.44. The van der Waals surface area contributed by atoms with Crippen molar-refractivity contribution in [3.05, 3.63) is 30.3 Å². The van der Waals surface area contributed by atoms with E-state index in [1.54, 1.807) is 29.6 Å². The molecule has 0 atom stereocenters. The van der Waals surface area contributed by atoms with Crippen LogP contribution in [0.5, 0.6) is 5.75 Å². The maximum atomic E-state index is 11.7. The highest BCUT2D eigenvalue weighted by molar-refractivity contribution is 5.81. The summed E-state index contributed by atoms with van der Waals surface area (Å²) in [5, 5.41) is 1.70. The van der Waals surface area contributed by atoms with Gasteiger partial charge < -0.3 is 10.1 Å². The molecule has 0 aromatic heterocycles. The lowest BCUT2D eigenvalue weighted by atomic mass is 10.3. The number of halogens is 3. The Kier molecular flexibility index (Phi) is 4.16. The molecule has 1 amide bonds. The fraction of sp³-hybridized carbons (Fsp3) is 0.300. The zero-order chi connectivity index (χ0) is 12.0. The molecule has 0 spiro atoms. The van der Waals surface area contributed by atoms with Gasteiger partial charge in [-0.1, -0.05) is 12.1 Å². The summed E-state index contributed by atoms with van der Waals surface area (Å²) in [6, 6.07) is 9.23. The highest BCUT2D eigenvalue weighted by atomic mass is 19.4. The normalized spacial score (nSPS) is 10.9. The molecule has 0 fully saturated rings. The quantitative estimate of drug-likeness (QED) is 0.800. The van der Waals surface area contributed by atoms with Crippen LogP contribution in [0.2, 0.25) is 0 Å². The van der Waals surface area contributed by atoms with Gasteiger partial charge in [-0.05, 0) is 18.2 Å². The number of alkyl halides is 3. The van der Waals surface area contributed by atoms with Gasteiger partial charge in [0.05, 0.1) is 6.54 Å². The van der Waals surface area contributed by atoms with E-state index in [0.29, 0.717) is 5.75 Å². The predicted molar refractivity (Wildman–Crippen MR) is 49.8 cm³/mol. The van der Waals surface area contributed by atoms with E-state index in [1.807, 2.05) is 0 Å². The van der Waals surface area contributed by atoms with Gasteiger partial charge in [0.2, 0.25) is 0 Å². The molecule has 0 aliphatic rings. The van der Waals surface area contributed by atoms with E-state index >= 15 is 0 Å². The van der Waals surface area contributed by atoms with Crippen LogP contribution in [0.15, 0.2) is 24.3 Å². The number of ether oxygens (including phenoxy) is 1. The van der Waals surface area contributed by atoms with Crippen LogP contribution in [0.1, 0.15) is 0 Å². The predicted octanol–water partition coefficient (Wildman–Crippen LogP) is 1.54. The van der Waals surface area contributed by atoms with Crippen LogP contribution in [-0.4, -0.2) is 25.2 Å². The third kappa shape index (κ3) is 4.20. The standard InChI is InChI=1S/C10H9F3NO2/c11-10(12,13)9(15)14-6-7-16-8-4-2-1-3-5-8/h2-5H,6-7H2,(H,14,15). The summed E-state index contributed by atoms with van der Waals surface area (Å²) in [6.45, 7) is -0.219. The number of carbonyl (C=O) groups is 1. The molecule has 87 valence electrons. The molecule has 1 radical (unpaired) electrons. The summed E-state index contributed by atoms with van der Waals surface area (Å²) in [6.07, 6.45) is -4.85. The number of hydrogen-bond donors (Lipinski definition) is 1. The summed E-state index contributed by atoms with van der Waals surface area (Å²) in [5.74, 6) is -1.45. The van der Waals surface area contributed by atoms with E-state index in [4.69, 9.17) is 4.74 Å². The van der Waals surface area contributed by atoms with Crippen molar-refractivity contribution in [3.63, 3.8) is 0 Å². The molecule has 1 N–H and O–H groups in total. The van der Waals surface area contributed by atoms with Crippen molar-refractivity contribution in [3.8, 4) is 5.75 Å². The van der Waals surface area contributed by atoms with Crippen molar-refractivity contribution in [2.45, 2.75) is 6.18 Å². The van der Waals surface area contributed by atoms with Crippen LogP contribution in [-0.2, 0) is 4.79 Å². The zero-order valence-electron chi connectivity index (χ0n) is 8.17. The van der Waals surface area contributed by atoms with Crippen LogP contribution in [0, 0.1) is 6.07 Å². The largest absolute Gasteiger partial charge is 0.492 e. The average Bonchev–Trinajstić information content (AvgIpc) is 2.24. The molecular formula is C10H9F3NO2. The number of benzene rings is 1. The monoisotopic (exact) mass is 232 g/mol. The highest BCUT2D eigenvalue weighted by Crippen LogP contribution is 2.13. The molecule has 1 aromatic carbocycles. The number of carbonyl (C=O) groups excluding carboxylic acids is 1. The number of rotatable bonds is 4. The van der Waals surface area contributed by atoms with Gasteiger partial charge in [0, 0.05) is 0 Å². The van der Waals surface area contributed by atoms with E-state index in [9.17, 15) is 18.0 Å². The Hall–Kier alpha value is -1.72. The minimum Gasteiger partial charge on any atom is -0.492 e. The first-order valence-electron chi connectivity index (χ1n) is 4.44. The molecule has 16 heavy (non-hydrogen) atoms. The van der Waals surface area contributed by atoms with Crippen molar-refractivity contribution in [2.75, 3.05) is 13.2 Å². The van der Waals surface area contributed by atoms with Crippen molar-refractivity contribution in [2.24, 2.45) is 0 Å². The average molecular weight is 232 g/mol. The summed E-state index contributed by atoms with van der Waals surface area (Å²) in [4.78, 5) is 10.4. The SMILES string of the molecule is O=C(NCCOc1cc[c]cc1)C(F)(F)F. The minimum absolute atomic E-state index is 0.0220. The Morgan fingerprint density at radius 2 is 2.00 bits per heavy atom. The molecule has 0 aliphatic carbocycles. The first kappa shape index (κ1) is 12.4. The van der Waals surface area contributed by atoms with Gasteiger partial charge in [-0.3, -0.25) is 4.79 Å². The van der Waals surface area contributed by atoms with E-state index in [0.717, 1.165) is 0 Å². The smallest absolute Gasteiger partial charge is 0.471 e. The van der Waals surface area contributed by atoms with Crippen molar-refractivity contribution in [1.82, 2.24) is 5.32 Å². The third-order valence-corrected chi connectivity index (χ3v) is 1.60. The minimum atomic E-state index is -4.85. The topological polar surface area (TPSA) is 38.3 Å². The molecule has 6 heteroatoms. The summed E-state index contributed by atoms with van der Waals surface area (Å²) < 4.78 is 40.3. The Labute approximate surface area is 90.2 Å². The summed E-state index contributed by atoms with van der Waals surface area (Å²) in [7, 11) is 0. The van der Waals surface area contributed by atoms with Crippen LogP contribution >= 0.6 is 0 Å². The fourth-order valence-electron chi connectivity index (χ4n) is 0.901. The van der Waals surface area contributed by atoms with Gasteiger partial charge in [0.1, 0.15) is 12.4 Å². The summed E-state index contributed by atoms with van der Waals surface area (Å²) in [5.41, 5.74) is 0. The molecule has 0 saturated carbocycles. The van der Waals surface area contributed by atoms with Gasteiger partial charge in [-0.2, -0.15) is 13.2 Å². The Morgan fingerprint density at radius 1 is 1.38 bits per heavy atom. The molecule has 0 unspecified atom stereocenters. The molecule has 0 saturated heterocycles. The Balaban J connectivity index is 2.20. The maximum Gasteiger partial charge on any atom is 0.471 e. The third-order valence-electron chi connectivity index (χ3n) is 1.60. The molecule has 1 aromatic rings. The number of amides is 1. The van der Waals surface area contributed by atoms with Gasteiger partial charge in [0.15, 0.2) is 0 Å². The van der Waals surface area contributed by atoms with E-state index in [2.05, 4.69) is 6.07 Å². The van der Waals surface area contributed by atoms with Gasteiger partial charge >= 0.3 is 12.1 Å². The van der Waals surface area contributed by atoms with Crippen LogP contribution in [0.3, 0.4) is 0 Å². The molecule has 3 nitrogen and oxygen atoms in total. The van der Waals surface area contributed by atoms with Crippen molar-refractivity contribution < 1.29 is 22.7 Å². The fourth-order valence-corrected chi connectivity index (χ4v) is 0.901. The maximum absolute atomic E-state index is 11.7. The summed E-state index contributed by atoms with van der Waals surface area (Å²) >= 11 is 0. The van der Waals surface area contributed by atoms with E-state index < -0.39 is 12.1 Å². The first-order chi connectivity index (χ1) is 7.50.